The van der Waals surface area contributed by atoms with Gasteiger partial charge in [-0.25, -0.2) is 9.59 Å². The number of hydrogen-bond donors (Lipinski definition) is 2. The van der Waals surface area contributed by atoms with Crippen LogP contribution in [0.1, 0.15) is 21.1 Å². The summed E-state index contributed by atoms with van der Waals surface area (Å²) in [6.45, 7) is 0. The zero-order chi connectivity index (χ0) is 11.1. The maximum atomic E-state index is 10.2. The van der Waals surface area contributed by atoms with Crippen LogP contribution in [0.4, 0.5) is 0 Å². The van der Waals surface area contributed by atoms with Crippen molar-refractivity contribution in [3.63, 3.8) is 0 Å². The SMILES string of the molecule is O=C(O)c1ccc(C(=O)O)o1.O=C=O. The molecule has 7 nitrogen and oxygen atoms in total. The predicted molar refractivity (Wildman–Crippen MR) is 37.6 cm³/mol. The molecular weight excluding hydrogens is 196 g/mol. The Morgan fingerprint density at radius 3 is 1.50 bits per heavy atom. The van der Waals surface area contributed by atoms with Crippen LogP contribution in [0.5, 0.6) is 0 Å². The van der Waals surface area contributed by atoms with Crippen LogP contribution in [-0.4, -0.2) is 28.3 Å². The molecule has 1 aromatic rings. The average molecular weight is 200 g/mol. The van der Waals surface area contributed by atoms with Gasteiger partial charge in [0.15, 0.2) is 0 Å². The van der Waals surface area contributed by atoms with Crippen molar-refractivity contribution in [1.29, 1.82) is 0 Å². The maximum absolute atomic E-state index is 10.2. The Morgan fingerprint density at radius 2 is 1.36 bits per heavy atom. The van der Waals surface area contributed by atoms with Crippen LogP contribution in [0, 0.1) is 0 Å². The van der Waals surface area contributed by atoms with Crippen molar-refractivity contribution in [1.82, 2.24) is 0 Å². The largest absolute Gasteiger partial charge is 0.475 e. The van der Waals surface area contributed by atoms with E-state index in [4.69, 9.17) is 19.8 Å². The zero-order valence-electron chi connectivity index (χ0n) is 6.59. The number of rotatable bonds is 2. The molecule has 0 unspecified atom stereocenters. The summed E-state index contributed by atoms with van der Waals surface area (Å²) < 4.78 is 4.41. The number of carboxylic acid groups (broad SMARTS) is 2. The van der Waals surface area contributed by atoms with Gasteiger partial charge < -0.3 is 14.6 Å². The summed E-state index contributed by atoms with van der Waals surface area (Å²) in [5.41, 5.74) is 0. The lowest BCUT2D eigenvalue weighted by atomic mass is 10.4. The van der Waals surface area contributed by atoms with E-state index in [-0.39, 0.29) is 17.7 Å². The van der Waals surface area contributed by atoms with Gasteiger partial charge in [0, 0.05) is 0 Å². The van der Waals surface area contributed by atoms with Crippen LogP contribution in [0.2, 0.25) is 0 Å². The second-order valence-corrected chi connectivity index (χ2v) is 1.86. The van der Waals surface area contributed by atoms with Crippen molar-refractivity contribution in [3.8, 4) is 0 Å². The first-order valence-corrected chi connectivity index (χ1v) is 3.08. The molecule has 74 valence electrons. The molecule has 0 aliphatic carbocycles. The Kier molecular flexibility index (Phi) is 4.38. The third-order valence-corrected chi connectivity index (χ3v) is 1.03. The van der Waals surface area contributed by atoms with Gasteiger partial charge in [-0.2, -0.15) is 9.59 Å². The Hall–Kier alpha value is -2.40. The van der Waals surface area contributed by atoms with Crippen molar-refractivity contribution in [2.75, 3.05) is 0 Å². The number of carboxylic acids is 2. The Balaban J connectivity index is 0.000000500. The van der Waals surface area contributed by atoms with Gasteiger partial charge >= 0.3 is 18.1 Å². The van der Waals surface area contributed by atoms with Gasteiger partial charge in [0.2, 0.25) is 11.5 Å². The predicted octanol–water partition coefficient (Wildman–Crippen LogP) is 0.0925. The minimum Gasteiger partial charge on any atom is -0.475 e. The number of furan rings is 1. The van der Waals surface area contributed by atoms with Crippen LogP contribution in [0.3, 0.4) is 0 Å². The van der Waals surface area contributed by atoms with Crippen LogP contribution in [0.25, 0.3) is 0 Å². The molecule has 14 heavy (non-hydrogen) atoms. The van der Waals surface area contributed by atoms with Crippen molar-refractivity contribution in [2.24, 2.45) is 0 Å². The first-order chi connectivity index (χ1) is 6.52. The molecule has 0 aliphatic rings. The number of hydrogen-bond acceptors (Lipinski definition) is 5. The molecule has 0 amide bonds. The number of carbonyl (C=O) groups excluding carboxylic acids is 2. The molecule has 0 bridgehead atoms. The molecule has 1 aromatic heterocycles. The van der Waals surface area contributed by atoms with E-state index in [0.29, 0.717) is 0 Å². The average Bonchev–Trinajstić information content (AvgIpc) is 2.53. The van der Waals surface area contributed by atoms with Gasteiger partial charge in [-0.05, 0) is 12.1 Å². The normalized spacial score (nSPS) is 8.00. The van der Waals surface area contributed by atoms with E-state index in [2.05, 4.69) is 4.42 Å². The minimum absolute atomic E-state index is 0.250. The summed E-state index contributed by atoms with van der Waals surface area (Å²) in [6.07, 6.45) is 0.250. The molecule has 0 fully saturated rings. The quantitative estimate of drug-likeness (QED) is 0.693. The fraction of sp³-hybridized carbons (Fsp3) is 0. The summed E-state index contributed by atoms with van der Waals surface area (Å²) in [5, 5.41) is 16.6. The molecule has 2 N–H and O–H groups in total. The highest BCUT2D eigenvalue weighted by atomic mass is 16.4. The summed E-state index contributed by atoms with van der Waals surface area (Å²) in [5.74, 6) is -3.31. The van der Waals surface area contributed by atoms with E-state index < -0.39 is 11.9 Å². The van der Waals surface area contributed by atoms with Crippen LogP contribution in [-0.2, 0) is 9.59 Å². The molecule has 0 spiro atoms. The van der Waals surface area contributed by atoms with Gasteiger partial charge in [0.05, 0.1) is 0 Å². The van der Waals surface area contributed by atoms with E-state index in [1.165, 1.54) is 0 Å². The van der Waals surface area contributed by atoms with E-state index >= 15 is 0 Å². The van der Waals surface area contributed by atoms with Gasteiger partial charge in [0.25, 0.3) is 0 Å². The van der Waals surface area contributed by atoms with E-state index in [1.807, 2.05) is 0 Å². The summed E-state index contributed by atoms with van der Waals surface area (Å²) in [7, 11) is 0. The molecule has 0 atom stereocenters. The molecule has 0 aromatic carbocycles. The van der Waals surface area contributed by atoms with Crippen LogP contribution in [0.15, 0.2) is 16.5 Å². The summed E-state index contributed by atoms with van der Waals surface area (Å²) >= 11 is 0. The topological polar surface area (TPSA) is 122 Å². The highest BCUT2D eigenvalue weighted by Crippen LogP contribution is 2.06. The summed E-state index contributed by atoms with van der Waals surface area (Å²) in [4.78, 5) is 36.6. The zero-order valence-corrected chi connectivity index (χ0v) is 6.59. The molecule has 7 heteroatoms. The maximum Gasteiger partial charge on any atom is 0.373 e. The molecule has 1 rings (SSSR count). The van der Waals surface area contributed by atoms with E-state index in [0.717, 1.165) is 12.1 Å². The van der Waals surface area contributed by atoms with Crippen LogP contribution < -0.4 is 0 Å². The molecular formula is C7H4O7. The van der Waals surface area contributed by atoms with Crippen molar-refractivity contribution >= 4 is 18.1 Å². The first kappa shape index (κ1) is 11.6. The van der Waals surface area contributed by atoms with Crippen LogP contribution >= 0.6 is 0 Å². The first-order valence-electron chi connectivity index (χ1n) is 3.08. The molecule has 0 saturated heterocycles. The highest BCUT2D eigenvalue weighted by Gasteiger charge is 2.12. The lowest BCUT2D eigenvalue weighted by Gasteiger charge is -1.84. The van der Waals surface area contributed by atoms with Gasteiger partial charge in [-0.3, -0.25) is 0 Å². The number of carbonyl (C=O) groups is 2. The lowest BCUT2D eigenvalue weighted by molar-refractivity contribution is -0.191. The smallest absolute Gasteiger partial charge is 0.373 e. The standard InChI is InChI=1S/C6H4O5.CO2/c7-5(8)3-1-2-4(11-3)6(9)10;2-1-3/h1-2H,(H,7,8)(H,9,10);. The Labute approximate surface area is 76.6 Å². The molecule has 0 saturated carbocycles. The lowest BCUT2D eigenvalue weighted by Crippen LogP contribution is -1.94. The second kappa shape index (κ2) is 5.28. The molecule has 0 aliphatic heterocycles. The Morgan fingerprint density at radius 1 is 1.07 bits per heavy atom. The third-order valence-electron chi connectivity index (χ3n) is 1.03. The Bertz CT molecular complexity index is 341. The third kappa shape index (κ3) is 3.33. The monoisotopic (exact) mass is 200 g/mol. The van der Waals surface area contributed by atoms with Crippen molar-refractivity contribution in [2.45, 2.75) is 0 Å². The fourth-order valence-corrected chi connectivity index (χ4v) is 0.568. The fourth-order valence-electron chi connectivity index (χ4n) is 0.568. The molecule has 1 heterocycles. The number of aromatic carboxylic acids is 2. The summed E-state index contributed by atoms with van der Waals surface area (Å²) in [6, 6.07) is 2.18. The molecule has 0 radical (unpaired) electrons. The van der Waals surface area contributed by atoms with E-state index in [9.17, 15) is 9.59 Å². The highest BCUT2D eigenvalue weighted by molar-refractivity contribution is 5.88. The van der Waals surface area contributed by atoms with Crippen molar-refractivity contribution in [3.05, 3.63) is 23.7 Å². The van der Waals surface area contributed by atoms with Crippen molar-refractivity contribution < 1.29 is 33.8 Å². The van der Waals surface area contributed by atoms with Gasteiger partial charge in [-0.15, -0.1) is 0 Å². The van der Waals surface area contributed by atoms with E-state index in [1.54, 1.807) is 0 Å². The second-order valence-electron chi connectivity index (χ2n) is 1.86. The van der Waals surface area contributed by atoms with Gasteiger partial charge in [0.1, 0.15) is 0 Å². The van der Waals surface area contributed by atoms with Gasteiger partial charge in [-0.1, -0.05) is 0 Å². The minimum atomic E-state index is -1.28.